The molecule has 1 amide bonds. The van der Waals surface area contributed by atoms with Crippen molar-refractivity contribution >= 4 is 38.9 Å². The van der Waals surface area contributed by atoms with E-state index in [0.29, 0.717) is 43.6 Å². The van der Waals surface area contributed by atoms with Gasteiger partial charge in [0.15, 0.2) is 0 Å². The zero-order chi connectivity index (χ0) is 19.7. The van der Waals surface area contributed by atoms with E-state index in [4.69, 9.17) is 11.6 Å². The Morgan fingerprint density at radius 3 is 2.39 bits per heavy atom. The van der Waals surface area contributed by atoms with Crippen LogP contribution >= 0.6 is 22.9 Å². The van der Waals surface area contributed by atoms with Gasteiger partial charge in [-0.2, -0.15) is 4.31 Å². The zero-order valence-corrected chi connectivity index (χ0v) is 17.8. The quantitative estimate of drug-likeness (QED) is 0.733. The Bertz CT molecular complexity index is 968. The van der Waals surface area contributed by atoms with Gasteiger partial charge in [0.1, 0.15) is 4.21 Å². The molecule has 9 heteroatoms. The Kier molecular flexibility index (Phi) is 5.76. The van der Waals surface area contributed by atoms with Gasteiger partial charge in [0.25, 0.3) is 10.0 Å². The molecule has 1 aromatic carbocycles. The van der Waals surface area contributed by atoms with E-state index in [1.54, 1.807) is 12.1 Å². The standard InChI is InChI=1S/C19H22ClN3O3S2/c20-17-5-6-19(27-17)28(25,26)23-11-9-21(10-12-23)14-18(24)22-8-7-15-3-1-2-4-16(15)13-22/h1-6H,7-14H2. The summed E-state index contributed by atoms with van der Waals surface area (Å²) in [6.07, 6.45) is 0.886. The van der Waals surface area contributed by atoms with E-state index in [1.165, 1.54) is 15.4 Å². The number of carbonyl (C=O) groups is 1. The number of hydrogen-bond acceptors (Lipinski definition) is 5. The first-order chi connectivity index (χ1) is 13.4. The molecule has 2 aliphatic rings. The number of nitrogens with zero attached hydrogens (tertiary/aromatic N) is 3. The molecule has 2 aliphatic heterocycles. The number of fused-ring (bicyclic) bond motifs is 1. The molecule has 0 atom stereocenters. The molecule has 1 saturated heterocycles. The molecule has 0 N–H and O–H groups in total. The van der Waals surface area contributed by atoms with E-state index in [0.717, 1.165) is 24.3 Å². The number of thiophene rings is 1. The normalized spacial score (nSPS) is 18.8. The van der Waals surface area contributed by atoms with E-state index in [9.17, 15) is 13.2 Å². The van der Waals surface area contributed by atoms with Crippen molar-refractivity contribution in [2.24, 2.45) is 0 Å². The maximum atomic E-state index is 12.7. The highest BCUT2D eigenvalue weighted by atomic mass is 35.5. The fourth-order valence-electron chi connectivity index (χ4n) is 3.69. The average molecular weight is 440 g/mol. The molecule has 0 spiro atoms. The number of halogens is 1. The second-order valence-electron chi connectivity index (χ2n) is 7.07. The Labute approximate surface area is 174 Å². The molecule has 1 fully saturated rings. The maximum absolute atomic E-state index is 12.7. The Hall–Kier alpha value is -1.45. The summed E-state index contributed by atoms with van der Waals surface area (Å²) in [5.74, 6) is 0.107. The number of sulfonamides is 1. The topological polar surface area (TPSA) is 60.9 Å². The molecule has 0 unspecified atom stereocenters. The molecular formula is C19H22ClN3O3S2. The molecule has 3 heterocycles. The van der Waals surface area contributed by atoms with Gasteiger partial charge in [-0.15, -0.1) is 11.3 Å². The second kappa shape index (κ2) is 8.12. The average Bonchev–Trinajstić information content (AvgIpc) is 3.15. The van der Waals surface area contributed by atoms with E-state index >= 15 is 0 Å². The van der Waals surface area contributed by atoms with Crippen LogP contribution in [0.5, 0.6) is 0 Å². The largest absolute Gasteiger partial charge is 0.337 e. The van der Waals surface area contributed by atoms with Gasteiger partial charge in [-0.3, -0.25) is 9.69 Å². The Balaban J connectivity index is 1.32. The van der Waals surface area contributed by atoms with Crippen LogP contribution in [-0.4, -0.2) is 67.7 Å². The fourth-order valence-corrected chi connectivity index (χ4v) is 6.75. The van der Waals surface area contributed by atoms with Crippen LogP contribution in [0.3, 0.4) is 0 Å². The van der Waals surface area contributed by atoms with Crippen LogP contribution in [0, 0.1) is 0 Å². The van der Waals surface area contributed by atoms with Crippen molar-refractivity contribution in [2.45, 2.75) is 17.2 Å². The molecule has 4 rings (SSSR count). The summed E-state index contributed by atoms with van der Waals surface area (Å²) in [5.41, 5.74) is 2.53. The summed E-state index contributed by atoms with van der Waals surface area (Å²) < 4.78 is 27.6. The highest BCUT2D eigenvalue weighted by Crippen LogP contribution is 2.28. The van der Waals surface area contributed by atoms with E-state index in [-0.39, 0.29) is 10.1 Å². The number of piperazine rings is 1. The number of hydrogen-bond donors (Lipinski definition) is 0. The third kappa shape index (κ3) is 4.11. The minimum Gasteiger partial charge on any atom is -0.337 e. The van der Waals surface area contributed by atoms with Crippen molar-refractivity contribution < 1.29 is 13.2 Å². The van der Waals surface area contributed by atoms with Crippen molar-refractivity contribution in [1.82, 2.24) is 14.1 Å². The highest BCUT2D eigenvalue weighted by molar-refractivity contribution is 7.91. The first-order valence-electron chi connectivity index (χ1n) is 9.26. The molecule has 0 radical (unpaired) electrons. The first kappa shape index (κ1) is 19.8. The maximum Gasteiger partial charge on any atom is 0.252 e. The van der Waals surface area contributed by atoms with Gasteiger partial charge < -0.3 is 4.90 Å². The predicted molar refractivity (Wildman–Crippen MR) is 110 cm³/mol. The van der Waals surface area contributed by atoms with Gasteiger partial charge in [-0.1, -0.05) is 35.9 Å². The SMILES string of the molecule is O=C(CN1CCN(S(=O)(=O)c2ccc(Cl)s2)CC1)N1CCc2ccccc2C1. The minimum absolute atomic E-state index is 0.107. The zero-order valence-electron chi connectivity index (χ0n) is 15.4. The Morgan fingerprint density at radius 2 is 1.71 bits per heavy atom. The molecule has 28 heavy (non-hydrogen) atoms. The van der Waals surface area contributed by atoms with Gasteiger partial charge in [-0.25, -0.2) is 8.42 Å². The third-order valence-corrected chi connectivity index (χ3v) is 8.91. The van der Waals surface area contributed by atoms with Crippen LogP contribution in [0.1, 0.15) is 11.1 Å². The molecule has 1 aromatic heterocycles. The van der Waals surface area contributed by atoms with E-state index in [2.05, 4.69) is 12.1 Å². The molecule has 6 nitrogen and oxygen atoms in total. The summed E-state index contributed by atoms with van der Waals surface area (Å²) in [5, 5.41) is 0. The summed E-state index contributed by atoms with van der Waals surface area (Å²) in [6, 6.07) is 11.4. The van der Waals surface area contributed by atoms with Crippen LogP contribution < -0.4 is 0 Å². The van der Waals surface area contributed by atoms with E-state index in [1.807, 2.05) is 21.9 Å². The van der Waals surface area contributed by atoms with Gasteiger partial charge in [0, 0.05) is 39.3 Å². The monoisotopic (exact) mass is 439 g/mol. The van der Waals surface area contributed by atoms with Gasteiger partial charge >= 0.3 is 0 Å². The van der Waals surface area contributed by atoms with Crippen LogP contribution in [0.15, 0.2) is 40.6 Å². The highest BCUT2D eigenvalue weighted by Gasteiger charge is 2.31. The van der Waals surface area contributed by atoms with E-state index < -0.39 is 10.0 Å². The third-order valence-electron chi connectivity index (χ3n) is 5.32. The van der Waals surface area contributed by atoms with Gasteiger partial charge in [-0.05, 0) is 29.7 Å². The van der Waals surface area contributed by atoms with Crippen LogP contribution in [0.2, 0.25) is 4.34 Å². The lowest BCUT2D eigenvalue weighted by Crippen LogP contribution is -2.51. The fraction of sp³-hybridized carbons (Fsp3) is 0.421. The van der Waals surface area contributed by atoms with Crippen molar-refractivity contribution in [3.05, 3.63) is 51.9 Å². The number of amides is 1. The summed E-state index contributed by atoms with van der Waals surface area (Å²) >= 11 is 6.95. The molecular weight excluding hydrogens is 418 g/mol. The number of benzene rings is 1. The van der Waals surface area contributed by atoms with Gasteiger partial charge in [0.05, 0.1) is 10.9 Å². The van der Waals surface area contributed by atoms with Crippen molar-refractivity contribution in [3.63, 3.8) is 0 Å². The molecule has 150 valence electrons. The second-order valence-corrected chi connectivity index (χ2v) is 11.0. The Morgan fingerprint density at radius 1 is 1.00 bits per heavy atom. The lowest BCUT2D eigenvalue weighted by Gasteiger charge is -2.35. The van der Waals surface area contributed by atoms with Crippen LogP contribution in [-0.2, 0) is 27.8 Å². The summed E-state index contributed by atoms with van der Waals surface area (Å²) in [4.78, 5) is 16.7. The smallest absolute Gasteiger partial charge is 0.252 e. The number of rotatable bonds is 4. The lowest BCUT2D eigenvalue weighted by molar-refractivity contribution is -0.133. The summed E-state index contributed by atoms with van der Waals surface area (Å²) in [7, 11) is -3.50. The van der Waals surface area contributed by atoms with Crippen molar-refractivity contribution in [1.29, 1.82) is 0 Å². The molecule has 0 bridgehead atoms. The lowest BCUT2D eigenvalue weighted by atomic mass is 10.00. The number of carbonyl (C=O) groups excluding carboxylic acids is 1. The van der Waals surface area contributed by atoms with Gasteiger partial charge in [0.2, 0.25) is 5.91 Å². The minimum atomic E-state index is -3.50. The molecule has 0 saturated carbocycles. The first-order valence-corrected chi connectivity index (χ1v) is 11.9. The van der Waals surface area contributed by atoms with Crippen molar-refractivity contribution in [2.75, 3.05) is 39.3 Å². The van der Waals surface area contributed by atoms with Crippen molar-refractivity contribution in [3.8, 4) is 0 Å². The molecule has 2 aromatic rings. The summed E-state index contributed by atoms with van der Waals surface area (Å²) in [6.45, 7) is 3.59. The predicted octanol–water partition coefficient (Wildman–Crippen LogP) is 2.29. The van der Waals surface area contributed by atoms with Crippen LogP contribution in [0.25, 0.3) is 0 Å². The molecule has 0 aliphatic carbocycles. The van der Waals surface area contributed by atoms with Crippen LogP contribution in [0.4, 0.5) is 0 Å².